The summed E-state index contributed by atoms with van der Waals surface area (Å²) in [4.78, 5) is 2.41. The number of hydrogen-bond donors (Lipinski definition) is 2. The highest BCUT2D eigenvalue weighted by Crippen LogP contribution is 2.51. The van der Waals surface area contributed by atoms with Gasteiger partial charge in [0.1, 0.15) is 0 Å². The first-order valence-corrected chi connectivity index (χ1v) is 7.29. The molecule has 1 heterocycles. The second-order valence-corrected chi connectivity index (χ2v) is 6.23. The van der Waals surface area contributed by atoms with Crippen LogP contribution < -0.4 is 0 Å². The molecule has 2 atom stereocenters. The molecular formula is C16H23NO2. The summed E-state index contributed by atoms with van der Waals surface area (Å²) in [7, 11) is 0. The molecule has 0 spiro atoms. The zero-order chi connectivity index (χ0) is 13.3. The average molecular weight is 261 g/mol. The predicted octanol–water partition coefficient (Wildman–Crippen LogP) is 1.64. The van der Waals surface area contributed by atoms with Crippen molar-refractivity contribution in [3.05, 3.63) is 35.9 Å². The van der Waals surface area contributed by atoms with Crippen LogP contribution in [-0.4, -0.2) is 40.9 Å². The summed E-state index contributed by atoms with van der Waals surface area (Å²) < 4.78 is 0. The largest absolute Gasteiger partial charge is 0.396 e. The average Bonchev–Trinajstić information content (AvgIpc) is 3.12. The van der Waals surface area contributed by atoms with Gasteiger partial charge >= 0.3 is 0 Å². The number of aliphatic hydroxyl groups is 2. The second-order valence-electron chi connectivity index (χ2n) is 6.23. The Morgan fingerprint density at radius 1 is 1.26 bits per heavy atom. The molecule has 1 aromatic carbocycles. The third-order valence-electron chi connectivity index (χ3n) is 4.84. The minimum atomic E-state index is -0.321. The van der Waals surface area contributed by atoms with Crippen molar-refractivity contribution in [2.45, 2.75) is 31.9 Å². The first kappa shape index (κ1) is 13.1. The van der Waals surface area contributed by atoms with Crippen molar-refractivity contribution in [1.82, 2.24) is 4.90 Å². The summed E-state index contributed by atoms with van der Waals surface area (Å²) in [5, 5.41) is 19.9. The fourth-order valence-electron chi connectivity index (χ4n) is 3.31. The Morgan fingerprint density at radius 3 is 2.63 bits per heavy atom. The summed E-state index contributed by atoms with van der Waals surface area (Å²) in [5.41, 5.74) is 1.17. The maximum Gasteiger partial charge on any atom is 0.0659 e. The molecule has 2 N–H and O–H groups in total. The Bertz CT molecular complexity index is 416. The normalized spacial score (nSPS) is 27.4. The lowest BCUT2D eigenvalue weighted by Gasteiger charge is -2.26. The molecule has 1 saturated carbocycles. The summed E-state index contributed by atoms with van der Waals surface area (Å²) >= 11 is 0. The van der Waals surface area contributed by atoms with Crippen LogP contribution in [0.4, 0.5) is 0 Å². The van der Waals surface area contributed by atoms with E-state index in [1.54, 1.807) is 0 Å². The number of nitrogens with zero attached hydrogens (tertiary/aromatic N) is 1. The Balaban J connectivity index is 1.56. The molecule has 19 heavy (non-hydrogen) atoms. The molecule has 1 saturated heterocycles. The fourth-order valence-corrected chi connectivity index (χ4v) is 3.31. The molecule has 0 aromatic heterocycles. The highest BCUT2D eigenvalue weighted by molar-refractivity contribution is 5.14. The Morgan fingerprint density at radius 2 is 2.00 bits per heavy atom. The van der Waals surface area contributed by atoms with Gasteiger partial charge in [-0.1, -0.05) is 30.3 Å². The van der Waals surface area contributed by atoms with Crippen molar-refractivity contribution in [2.75, 3.05) is 19.7 Å². The summed E-state index contributed by atoms with van der Waals surface area (Å²) in [5.74, 6) is 0.332. The van der Waals surface area contributed by atoms with E-state index in [1.165, 1.54) is 5.56 Å². The molecule has 1 aliphatic heterocycles. The third-order valence-corrected chi connectivity index (χ3v) is 4.84. The Hall–Kier alpha value is -0.900. The molecule has 3 heteroatoms. The fraction of sp³-hybridized carbons (Fsp3) is 0.625. The maximum absolute atomic E-state index is 10.4. The van der Waals surface area contributed by atoms with Crippen LogP contribution in [0.2, 0.25) is 0 Å². The van der Waals surface area contributed by atoms with Crippen molar-refractivity contribution in [3.63, 3.8) is 0 Å². The molecule has 0 amide bonds. The van der Waals surface area contributed by atoms with Gasteiger partial charge in [-0.2, -0.15) is 0 Å². The molecule has 0 radical (unpaired) electrons. The van der Waals surface area contributed by atoms with Crippen molar-refractivity contribution in [2.24, 2.45) is 11.3 Å². The van der Waals surface area contributed by atoms with E-state index in [0.29, 0.717) is 5.92 Å². The lowest BCUT2D eigenvalue weighted by Crippen LogP contribution is -2.34. The highest BCUT2D eigenvalue weighted by Gasteiger charge is 2.51. The standard InChI is InChI=1S/C16H23NO2/c18-12-16(7-8-16)15(19)14-6-9-17(11-14)10-13-4-2-1-3-5-13/h1-5,14-15,18-19H,6-12H2. The number of hydrogen-bond acceptors (Lipinski definition) is 3. The number of likely N-dealkylation sites (tertiary alicyclic amines) is 1. The van der Waals surface area contributed by atoms with E-state index in [-0.39, 0.29) is 18.1 Å². The topological polar surface area (TPSA) is 43.7 Å². The highest BCUT2D eigenvalue weighted by atomic mass is 16.3. The van der Waals surface area contributed by atoms with Gasteiger partial charge in [0.05, 0.1) is 12.7 Å². The molecule has 2 aliphatic rings. The lowest BCUT2D eigenvalue weighted by molar-refractivity contribution is 0.0101. The van der Waals surface area contributed by atoms with E-state index < -0.39 is 0 Å². The number of benzene rings is 1. The minimum absolute atomic E-state index is 0.142. The van der Waals surface area contributed by atoms with Gasteiger partial charge in [-0.05, 0) is 37.3 Å². The van der Waals surface area contributed by atoms with Crippen molar-refractivity contribution < 1.29 is 10.2 Å². The van der Waals surface area contributed by atoms with Gasteiger partial charge in [0.2, 0.25) is 0 Å². The molecule has 1 aromatic rings. The Labute approximate surface area is 114 Å². The summed E-state index contributed by atoms with van der Waals surface area (Å²) in [6.45, 7) is 3.12. The number of aliphatic hydroxyl groups excluding tert-OH is 2. The van der Waals surface area contributed by atoms with Crippen molar-refractivity contribution in [1.29, 1.82) is 0 Å². The molecule has 3 rings (SSSR count). The van der Waals surface area contributed by atoms with Crippen LogP contribution in [0.15, 0.2) is 30.3 Å². The van der Waals surface area contributed by atoms with E-state index in [4.69, 9.17) is 0 Å². The van der Waals surface area contributed by atoms with Crippen LogP contribution in [0.3, 0.4) is 0 Å². The number of rotatable bonds is 5. The van der Waals surface area contributed by atoms with Gasteiger partial charge in [-0.25, -0.2) is 0 Å². The van der Waals surface area contributed by atoms with Crippen LogP contribution >= 0.6 is 0 Å². The van der Waals surface area contributed by atoms with Gasteiger partial charge in [0, 0.05) is 18.5 Å². The molecule has 0 bridgehead atoms. The molecule has 2 unspecified atom stereocenters. The molecule has 104 valence electrons. The minimum Gasteiger partial charge on any atom is -0.396 e. The van der Waals surface area contributed by atoms with Gasteiger partial charge in [0.15, 0.2) is 0 Å². The molecule has 2 fully saturated rings. The van der Waals surface area contributed by atoms with E-state index in [1.807, 2.05) is 6.07 Å². The maximum atomic E-state index is 10.4. The SMILES string of the molecule is OCC1(C(O)C2CCN(Cc3ccccc3)C2)CC1. The molecular weight excluding hydrogens is 238 g/mol. The molecule has 3 nitrogen and oxygen atoms in total. The van der Waals surface area contributed by atoms with Gasteiger partial charge in [-0.3, -0.25) is 4.90 Å². The zero-order valence-electron chi connectivity index (χ0n) is 11.3. The van der Waals surface area contributed by atoms with E-state index in [9.17, 15) is 10.2 Å². The monoisotopic (exact) mass is 261 g/mol. The zero-order valence-corrected chi connectivity index (χ0v) is 11.3. The van der Waals surface area contributed by atoms with Crippen LogP contribution in [0.5, 0.6) is 0 Å². The Kier molecular flexibility index (Phi) is 3.61. The van der Waals surface area contributed by atoms with Crippen LogP contribution in [0.1, 0.15) is 24.8 Å². The quantitative estimate of drug-likeness (QED) is 0.847. The summed E-state index contributed by atoms with van der Waals surface area (Å²) in [6, 6.07) is 10.5. The summed E-state index contributed by atoms with van der Waals surface area (Å²) in [6.07, 6.45) is 2.70. The first-order valence-electron chi connectivity index (χ1n) is 7.29. The third kappa shape index (κ3) is 2.69. The van der Waals surface area contributed by atoms with Crippen molar-refractivity contribution >= 4 is 0 Å². The van der Waals surface area contributed by atoms with Gasteiger partial charge < -0.3 is 10.2 Å². The van der Waals surface area contributed by atoms with Gasteiger partial charge in [-0.15, -0.1) is 0 Å². The second kappa shape index (κ2) is 5.23. The van der Waals surface area contributed by atoms with Gasteiger partial charge in [0.25, 0.3) is 0 Å². The van der Waals surface area contributed by atoms with E-state index in [0.717, 1.165) is 38.9 Å². The van der Waals surface area contributed by atoms with Crippen LogP contribution in [0.25, 0.3) is 0 Å². The molecule has 1 aliphatic carbocycles. The lowest BCUT2D eigenvalue weighted by atomic mass is 9.88. The van der Waals surface area contributed by atoms with E-state index in [2.05, 4.69) is 29.2 Å². The van der Waals surface area contributed by atoms with Crippen LogP contribution in [-0.2, 0) is 6.54 Å². The van der Waals surface area contributed by atoms with Crippen molar-refractivity contribution in [3.8, 4) is 0 Å². The van der Waals surface area contributed by atoms with E-state index >= 15 is 0 Å². The predicted molar refractivity (Wildman–Crippen MR) is 74.6 cm³/mol. The van der Waals surface area contributed by atoms with Crippen LogP contribution in [0, 0.1) is 11.3 Å². The first-order chi connectivity index (χ1) is 9.23. The smallest absolute Gasteiger partial charge is 0.0659 e.